The largest absolute Gasteiger partial charge is 0.244 e. The van der Waals surface area contributed by atoms with E-state index in [1.807, 2.05) is 0 Å². The van der Waals surface area contributed by atoms with Crippen LogP contribution >= 0.6 is 15.9 Å². The molecule has 0 aromatic heterocycles. The van der Waals surface area contributed by atoms with Crippen molar-refractivity contribution in [1.82, 2.24) is 4.31 Å². The molecular weight excluding hydrogens is 299 g/mol. The molecular formula is C9H8BrFN2O2S. The van der Waals surface area contributed by atoms with Gasteiger partial charge in [-0.1, -0.05) is 0 Å². The van der Waals surface area contributed by atoms with Gasteiger partial charge in [0.2, 0.25) is 10.0 Å². The molecule has 0 atom stereocenters. The van der Waals surface area contributed by atoms with E-state index in [0.717, 1.165) is 16.4 Å². The Morgan fingerprint density at radius 1 is 1.56 bits per heavy atom. The zero-order chi connectivity index (χ0) is 12.3. The number of sulfonamides is 1. The Kier molecular flexibility index (Phi) is 4.02. The molecule has 0 saturated carbocycles. The highest BCUT2D eigenvalue weighted by Gasteiger charge is 2.23. The molecule has 0 spiro atoms. The summed E-state index contributed by atoms with van der Waals surface area (Å²) in [5.74, 6) is -0.646. The quantitative estimate of drug-likeness (QED) is 0.799. The molecule has 0 amide bonds. The minimum atomic E-state index is -3.83. The predicted octanol–water partition coefficient (Wildman–Crippen LogP) is 1.73. The van der Waals surface area contributed by atoms with Crippen LogP contribution in [-0.4, -0.2) is 26.3 Å². The van der Waals surface area contributed by atoms with Crippen LogP contribution in [0.25, 0.3) is 0 Å². The maximum Gasteiger partial charge on any atom is 0.244 e. The molecule has 0 fully saturated rings. The molecule has 86 valence electrons. The zero-order valence-corrected chi connectivity index (χ0v) is 10.7. The Labute approximate surface area is 101 Å². The van der Waals surface area contributed by atoms with Crippen molar-refractivity contribution in [3.63, 3.8) is 0 Å². The molecule has 0 unspecified atom stereocenters. The summed E-state index contributed by atoms with van der Waals surface area (Å²) in [6.07, 6.45) is 0. The van der Waals surface area contributed by atoms with Gasteiger partial charge in [-0.3, -0.25) is 0 Å². The average Bonchev–Trinajstić information content (AvgIpc) is 2.22. The lowest BCUT2D eigenvalue weighted by Crippen LogP contribution is -2.27. The lowest BCUT2D eigenvalue weighted by molar-refractivity contribution is 0.500. The topological polar surface area (TPSA) is 61.2 Å². The standard InChI is InChI=1S/C9H8BrFN2O2S/c1-13(5-4-12)16(14,15)9-6-7(11)2-3-8(9)10/h2-3,6H,5H2,1H3. The first-order valence-corrected chi connectivity index (χ1v) is 6.41. The summed E-state index contributed by atoms with van der Waals surface area (Å²) in [6, 6.07) is 5.08. The number of nitrogens with zero attached hydrogens (tertiary/aromatic N) is 2. The van der Waals surface area contributed by atoms with Crippen molar-refractivity contribution in [2.75, 3.05) is 13.6 Å². The molecule has 0 radical (unpaired) electrons. The Morgan fingerprint density at radius 3 is 2.75 bits per heavy atom. The monoisotopic (exact) mass is 306 g/mol. The van der Waals surface area contributed by atoms with Crippen LogP contribution in [0.3, 0.4) is 0 Å². The fraction of sp³-hybridized carbons (Fsp3) is 0.222. The summed E-state index contributed by atoms with van der Waals surface area (Å²) < 4.78 is 37.8. The average molecular weight is 307 g/mol. The van der Waals surface area contributed by atoms with Gasteiger partial charge in [0.05, 0.1) is 11.0 Å². The van der Waals surface area contributed by atoms with Gasteiger partial charge in [0.25, 0.3) is 0 Å². The number of hydrogen-bond acceptors (Lipinski definition) is 3. The molecule has 1 aromatic carbocycles. The van der Waals surface area contributed by atoms with Crippen molar-refractivity contribution >= 4 is 26.0 Å². The normalized spacial score (nSPS) is 11.4. The van der Waals surface area contributed by atoms with E-state index in [9.17, 15) is 12.8 Å². The van der Waals surface area contributed by atoms with Gasteiger partial charge < -0.3 is 0 Å². The first kappa shape index (κ1) is 13.1. The van der Waals surface area contributed by atoms with Gasteiger partial charge in [0, 0.05) is 11.5 Å². The van der Waals surface area contributed by atoms with E-state index in [-0.39, 0.29) is 15.9 Å². The van der Waals surface area contributed by atoms with Gasteiger partial charge in [-0.25, -0.2) is 12.8 Å². The molecule has 0 saturated heterocycles. The van der Waals surface area contributed by atoms with Crippen molar-refractivity contribution in [3.8, 4) is 6.07 Å². The fourth-order valence-corrected chi connectivity index (χ4v) is 3.03. The number of nitriles is 1. The number of benzene rings is 1. The molecule has 7 heteroatoms. The van der Waals surface area contributed by atoms with Crippen LogP contribution in [0, 0.1) is 17.1 Å². The summed E-state index contributed by atoms with van der Waals surface area (Å²) in [4.78, 5) is -0.190. The molecule has 1 rings (SSSR count). The smallest absolute Gasteiger partial charge is 0.207 e. The maximum absolute atomic E-state index is 13.0. The van der Waals surface area contributed by atoms with Crippen LogP contribution in [0.1, 0.15) is 0 Å². The first-order chi connectivity index (χ1) is 7.39. The van der Waals surface area contributed by atoms with E-state index in [2.05, 4.69) is 15.9 Å². The summed E-state index contributed by atoms with van der Waals surface area (Å²) in [5, 5.41) is 8.43. The van der Waals surface area contributed by atoms with E-state index in [1.165, 1.54) is 13.1 Å². The molecule has 0 aliphatic rings. The third-order valence-electron chi connectivity index (χ3n) is 1.87. The highest BCUT2D eigenvalue weighted by atomic mass is 79.9. The lowest BCUT2D eigenvalue weighted by atomic mass is 10.3. The van der Waals surface area contributed by atoms with E-state index < -0.39 is 15.8 Å². The third-order valence-corrected chi connectivity index (χ3v) is 4.67. The second kappa shape index (κ2) is 4.91. The molecule has 0 aliphatic carbocycles. The van der Waals surface area contributed by atoms with Crippen molar-refractivity contribution in [2.45, 2.75) is 4.90 Å². The van der Waals surface area contributed by atoms with Gasteiger partial charge >= 0.3 is 0 Å². The van der Waals surface area contributed by atoms with Crippen molar-refractivity contribution in [1.29, 1.82) is 5.26 Å². The van der Waals surface area contributed by atoms with Crippen LogP contribution < -0.4 is 0 Å². The van der Waals surface area contributed by atoms with Gasteiger partial charge in [-0.15, -0.1) is 0 Å². The molecule has 0 bridgehead atoms. The predicted molar refractivity (Wildman–Crippen MR) is 59.5 cm³/mol. The lowest BCUT2D eigenvalue weighted by Gasteiger charge is -2.14. The molecule has 0 N–H and O–H groups in total. The van der Waals surface area contributed by atoms with Gasteiger partial charge in [-0.2, -0.15) is 9.57 Å². The van der Waals surface area contributed by atoms with E-state index in [0.29, 0.717) is 0 Å². The summed E-state index contributed by atoms with van der Waals surface area (Å²) in [6.45, 7) is -0.286. The Balaban J connectivity index is 3.28. The van der Waals surface area contributed by atoms with Crippen LogP contribution in [0.4, 0.5) is 4.39 Å². The van der Waals surface area contributed by atoms with Gasteiger partial charge in [0.1, 0.15) is 12.4 Å². The fourth-order valence-electron chi connectivity index (χ4n) is 1.03. The number of halogens is 2. The number of hydrogen-bond donors (Lipinski definition) is 0. The molecule has 4 nitrogen and oxygen atoms in total. The van der Waals surface area contributed by atoms with E-state index >= 15 is 0 Å². The zero-order valence-electron chi connectivity index (χ0n) is 8.31. The van der Waals surface area contributed by atoms with E-state index in [4.69, 9.17) is 5.26 Å². The Morgan fingerprint density at radius 2 is 2.19 bits per heavy atom. The molecule has 1 aromatic rings. The minimum Gasteiger partial charge on any atom is -0.207 e. The van der Waals surface area contributed by atoms with Crippen LogP contribution in [0.5, 0.6) is 0 Å². The van der Waals surface area contributed by atoms with Gasteiger partial charge in [-0.05, 0) is 34.1 Å². The number of rotatable bonds is 3. The summed E-state index contributed by atoms with van der Waals surface area (Å²) >= 11 is 3.03. The molecule has 16 heavy (non-hydrogen) atoms. The molecule has 0 aliphatic heterocycles. The first-order valence-electron chi connectivity index (χ1n) is 4.18. The van der Waals surface area contributed by atoms with Crippen LogP contribution in [-0.2, 0) is 10.0 Å². The Hall–Kier alpha value is -0.970. The SMILES string of the molecule is CN(CC#N)S(=O)(=O)c1cc(F)ccc1Br. The van der Waals surface area contributed by atoms with Crippen molar-refractivity contribution < 1.29 is 12.8 Å². The minimum absolute atomic E-state index is 0.190. The van der Waals surface area contributed by atoms with E-state index in [1.54, 1.807) is 6.07 Å². The second-order valence-electron chi connectivity index (χ2n) is 2.99. The summed E-state index contributed by atoms with van der Waals surface area (Å²) in [7, 11) is -2.57. The van der Waals surface area contributed by atoms with Gasteiger partial charge in [0.15, 0.2) is 0 Å². The van der Waals surface area contributed by atoms with Crippen LogP contribution in [0.15, 0.2) is 27.6 Å². The van der Waals surface area contributed by atoms with Crippen molar-refractivity contribution in [3.05, 3.63) is 28.5 Å². The summed E-state index contributed by atoms with van der Waals surface area (Å²) in [5.41, 5.74) is 0. The maximum atomic E-state index is 13.0. The Bertz CT molecular complexity index is 539. The highest BCUT2D eigenvalue weighted by molar-refractivity contribution is 9.10. The second-order valence-corrected chi connectivity index (χ2v) is 5.86. The van der Waals surface area contributed by atoms with Crippen molar-refractivity contribution in [2.24, 2.45) is 0 Å². The molecule has 0 heterocycles. The third kappa shape index (κ3) is 2.58. The van der Waals surface area contributed by atoms with Crippen LogP contribution in [0.2, 0.25) is 0 Å². The highest BCUT2D eigenvalue weighted by Crippen LogP contribution is 2.24.